The Morgan fingerprint density at radius 3 is 2.24 bits per heavy atom. The third-order valence-electron chi connectivity index (χ3n) is 6.44. The molecule has 2 N–H and O–H groups in total. The van der Waals surface area contributed by atoms with E-state index in [9.17, 15) is 9.59 Å². The van der Waals surface area contributed by atoms with Crippen molar-refractivity contribution >= 4 is 34.6 Å². The molecule has 1 atom stereocenters. The monoisotopic (exact) mass is 454 g/mol. The van der Waals surface area contributed by atoms with Gasteiger partial charge in [-0.15, -0.1) is 0 Å². The van der Waals surface area contributed by atoms with Crippen molar-refractivity contribution in [1.29, 1.82) is 0 Å². The molecule has 0 fully saturated rings. The number of anilines is 2. The van der Waals surface area contributed by atoms with E-state index in [4.69, 9.17) is 9.52 Å². The summed E-state index contributed by atoms with van der Waals surface area (Å²) in [6, 6.07) is 19.9. The van der Waals surface area contributed by atoms with E-state index in [0.29, 0.717) is 11.6 Å². The number of ketones is 1. The van der Waals surface area contributed by atoms with Crippen LogP contribution in [0.15, 0.2) is 65.1 Å². The Morgan fingerprint density at radius 2 is 1.59 bits per heavy atom. The number of aliphatic carboxylic acids is 1. The third kappa shape index (κ3) is 4.57. The van der Waals surface area contributed by atoms with Gasteiger partial charge < -0.3 is 14.8 Å². The Morgan fingerprint density at radius 1 is 0.971 bits per heavy atom. The fourth-order valence-electron chi connectivity index (χ4n) is 4.41. The van der Waals surface area contributed by atoms with Crippen LogP contribution in [0.25, 0.3) is 22.2 Å². The van der Waals surface area contributed by atoms with Gasteiger partial charge in [-0.3, -0.25) is 9.59 Å². The van der Waals surface area contributed by atoms with E-state index in [2.05, 4.69) is 22.4 Å². The van der Waals surface area contributed by atoms with Gasteiger partial charge in [0.2, 0.25) is 0 Å². The highest BCUT2D eigenvalue weighted by Gasteiger charge is 2.17. The summed E-state index contributed by atoms with van der Waals surface area (Å²) in [7, 11) is 0. The number of hydrogen-bond donors (Lipinski definition) is 2. The molecule has 1 aliphatic carbocycles. The molecule has 4 aromatic rings. The zero-order valence-corrected chi connectivity index (χ0v) is 19.0. The largest absolute Gasteiger partial charge is 0.481 e. The topological polar surface area (TPSA) is 92.4 Å². The molecule has 0 radical (unpaired) electrons. The summed E-state index contributed by atoms with van der Waals surface area (Å²) < 4.78 is 5.94. The minimum atomic E-state index is -0.962. The summed E-state index contributed by atoms with van der Waals surface area (Å²) in [5.74, 6) is -1.82. The number of fused-ring (bicyclic) bond motifs is 2. The van der Waals surface area contributed by atoms with Gasteiger partial charge in [0.15, 0.2) is 11.4 Å². The van der Waals surface area contributed by atoms with Gasteiger partial charge in [-0.1, -0.05) is 43.3 Å². The zero-order valence-electron chi connectivity index (χ0n) is 19.0. The molecule has 5 rings (SSSR count). The number of nitrogens with zero attached hydrogens (tertiary/aromatic N) is 1. The fraction of sp³-hybridized carbons (Fsp3) is 0.250. The molecule has 0 amide bonds. The first kappa shape index (κ1) is 21.9. The summed E-state index contributed by atoms with van der Waals surface area (Å²) in [4.78, 5) is 27.9. The van der Waals surface area contributed by atoms with Gasteiger partial charge in [0.25, 0.3) is 6.01 Å². The number of rotatable bonds is 7. The van der Waals surface area contributed by atoms with Gasteiger partial charge in [-0.25, -0.2) is 0 Å². The van der Waals surface area contributed by atoms with Gasteiger partial charge in [0.05, 0.1) is 5.92 Å². The number of aryl methyl sites for hydroxylation is 2. The number of oxazole rings is 1. The average molecular weight is 455 g/mol. The molecule has 3 aromatic carbocycles. The Labute approximate surface area is 197 Å². The number of nitrogens with one attached hydrogen (secondary N) is 1. The molecule has 0 saturated carbocycles. The van der Waals surface area contributed by atoms with Crippen LogP contribution in [0.3, 0.4) is 0 Å². The van der Waals surface area contributed by atoms with Gasteiger partial charge in [0.1, 0.15) is 5.52 Å². The normalized spacial score (nSPS) is 13.9. The first-order chi connectivity index (χ1) is 16.5. The van der Waals surface area contributed by atoms with Crippen molar-refractivity contribution in [3.05, 3.63) is 77.4 Å². The second kappa shape index (κ2) is 9.14. The van der Waals surface area contributed by atoms with Crippen LogP contribution in [-0.4, -0.2) is 21.8 Å². The maximum atomic E-state index is 12.3. The van der Waals surface area contributed by atoms with Crippen LogP contribution in [0.1, 0.15) is 47.7 Å². The molecule has 0 spiro atoms. The molecule has 1 unspecified atom stereocenters. The standard InChI is InChI=1S/C28H26N2O4/c1-17(27(32)33)14-25(31)20-8-6-18(7-9-20)19-10-12-23(13-11-19)29-28-30-24-15-21-4-2-3-5-22(21)16-26(24)34-28/h6-13,15-17H,2-5,14H2,1H3,(H,29,30)(H,32,33). The first-order valence-corrected chi connectivity index (χ1v) is 11.6. The number of carbonyl (C=O) groups is 2. The predicted molar refractivity (Wildman–Crippen MR) is 132 cm³/mol. The SMILES string of the molecule is CC(CC(=O)c1ccc(-c2ccc(Nc3nc4cc5c(cc4o3)CCCC5)cc2)cc1)C(=O)O. The van der Waals surface area contributed by atoms with Gasteiger partial charge in [-0.2, -0.15) is 4.98 Å². The molecule has 0 bridgehead atoms. The number of carbonyl (C=O) groups excluding carboxylic acids is 1. The lowest BCUT2D eigenvalue weighted by Crippen LogP contribution is -2.14. The minimum Gasteiger partial charge on any atom is -0.481 e. The van der Waals surface area contributed by atoms with Gasteiger partial charge >= 0.3 is 5.97 Å². The van der Waals surface area contributed by atoms with E-state index in [1.54, 1.807) is 19.1 Å². The molecule has 0 saturated heterocycles. The van der Waals surface area contributed by atoms with Crippen LogP contribution in [0.2, 0.25) is 0 Å². The van der Waals surface area contributed by atoms with Crippen LogP contribution < -0.4 is 5.32 Å². The van der Waals surface area contributed by atoms with E-state index in [1.165, 1.54) is 24.0 Å². The van der Waals surface area contributed by atoms with E-state index < -0.39 is 11.9 Å². The van der Waals surface area contributed by atoms with Crippen molar-refractivity contribution in [2.75, 3.05) is 5.32 Å². The van der Waals surface area contributed by atoms with Crippen molar-refractivity contribution in [2.24, 2.45) is 5.92 Å². The highest BCUT2D eigenvalue weighted by atomic mass is 16.4. The summed E-state index contributed by atoms with van der Waals surface area (Å²) in [5, 5.41) is 12.2. The Hall–Kier alpha value is -3.93. The Kier molecular flexibility index (Phi) is 5.88. The number of carboxylic acid groups (broad SMARTS) is 1. The lowest BCUT2D eigenvalue weighted by Gasteiger charge is -2.14. The van der Waals surface area contributed by atoms with Crippen LogP contribution in [0.4, 0.5) is 11.7 Å². The molecule has 172 valence electrons. The van der Waals surface area contributed by atoms with E-state index in [1.807, 2.05) is 36.4 Å². The molecule has 1 aliphatic rings. The highest BCUT2D eigenvalue weighted by molar-refractivity contribution is 5.98. The molecule has 1 aromatic heterocycles. The number of aromatic nitrogens is 1. The Balaban J connectivity index is 1.27. The van der Waals surface area contributed by atoms with Crippen molar-refractivity contribution in [1.82, 2.24) is 4.98 Å². The summed E-state index contributed by atoms with van der Waals surface area (Å²) in [6.07, 6.45) is 4.67. The van der Waals surface area contributed by atoms with Crippen molar-refractivity contribution < 1.29 is 19.1 Å². The molecular weight excluding hydrogens is 428 g/mol. The second-order valence-corrected chi connectivity index (χ2v) is 8.96. The third-order valence-corrected chi connectivity index (χ3v) is 6.44. The first-order valence-electron chi connectivity index (χ1n) is 11.6. The Bertz CT molecular complexity index is 1310. The lowest BCUT2D eigenvalue weighted by molar-refractivity contribution is -0.141. The molecule has 6 nitrogen and oxygen atoms in total. The van der Waals surface area contributed by atoms with E-state index in [-0.39, 0.29) is 12.2 Å². The highest BCUT2D eigenvalue weighted by Crippen LogP contribution is 2.30. The van der Waals surface area contributed by atoms with Crippen LogP contribution >= 0.6 is 0 Å². The number of benzene rings is 3. The summed E-state index contributed by atoms with van der Waals surface area (Å²) >= 11 is 0. The smallest absolute Gasteiger partial charge is 0.306 e. The summed E-state index contributed by atoms with van der Waals surface area (Å²) in [6.45, 7) is 1.54. The zero-order chi connectivity index (χ0) is 23.7. The maximum Gasteiger partial charge on any atom is 0.306 e. The van der Waals surface area contributed by atoms with E-state index in [0.717, 1.165) is 40.8 Å². The van der Waals surface area contributed by atoms with Crippen LogP contribution in [-0.2, 0) is 17.6 Å². The average Bonchev–Trinajstić information content (AvgIpc) is 3.23. The molecule has 0 aliphatic heterocycles. The van der Waals surface area contributed by atoms with Gasteiger partial charge in [0, 0.05) is 17.7 Å². The minimum absolute atomic E-state index is 0.00645. The maximum absolute atomic E-state index is 12.3. The van der Waals surface area contributed by atoms with Crippen molar-refractivity contribution in [2.45, 2.75) is 39.0 Å². The van der Waals surface area contributed by atoms with E-state index >= 15 is 0 Å². The molecular formula is C28H26N2O4. The number of carboxylic acids is 1. The van der Waals surface area contributed by atoms with Crippen LogP contribution in [0, 0.1) is 5.92 Å². The quantitative estimate of drug-likeness (QED) is 0.314. The van der Waals surface area contributed by atoms with Crippen LogP contribution in [0.5, 0.6) is 0 Å². The van der Waals surface area contributed by atoms with Crippen molar-refractivity contribution in [3.63, 3.8) is 0 Å². The summed E-state index contributed by atoms with van der Waals surface area (Å²) in [5.41, 5.74) is 7.82. The van der Waals surface area contributed by atoms with Crippen molar-refractivity contribution in [3.8, 4) is 11.1 Å². The van der Waals surface area contributed by atoms with Gasteiger partial charge in [-0.05, 0) is 72.2 Å². The molecule has 6 heteroatoms. The molecule has 1 heterocycles. The molecule has 34 heavy (non-hydrogen) atoms. The number of hydrogen-bond acceptors (Lipinski definition) is 5. The number of Topliss-reactive ketones (excluding diaryl/α,β-unsaturated/α-hetero) is 1. The second-order valence-electron chi connectivity index (χ2n) is 8.96. The lowest BCUT2D eigenvalue weighted by atomic mass is 9.91. The predicted octanol–water partition coefficient (Wildman–Crippen LogP) is 6.41. The fourth-order valence-corrected chi connectivity index (χ4v) is 4.41.